The third-order valence-electron chi connectivity index (χ3n) is 4.36. The largest absolute Gasteiger partial charge is 0.361 e. The summed E-state index contributed by atoms with van der Waals surface area (Å²) >= 11 is 0. The molecule has 1 fully saturated rings. The van der Waals surface area contributed by atoms with Crippen LogP contribution in [0.25, 0.3) is 0 Å². The van der Waals surface area contributed by atoms with Crippen molar-refractivity contribution in [3.8, 4) is 0 Å². The summed E-state index contributed by atoms with van der Waals surface area (Å²) in [6, 6.07) is 12.4. The van der Waals surface area contributed by atoms with Crippen LogP contribution in [0.1, 0.15) is 47.5 Å². The highest BCUT2D eigenvalue weighted by atomic mass is 16.5. The summed E-state index contributed by atoms with van der Waals surface area (Å²) in [4.78, 5) is 14.8. The monoisotopic (exact) mass is 298 g/mol. The van der Waals surface area contributed by atoms with Gasteiger partial charge in [0.05, 0.1) is 0 Å². The molecule has 22 heavy (non-hydrogen) atoms. The van der Waals surface area contributed by atoms with Crippen molar-refractivity contribution in [2.75, 3.05) is 6.54 Å². The summed E-state index contributed by atoms with van der Waals surface area (Å²) in [6.45, 7) is 2.55. The Morgan fingerprint density at radius 2 is 2.00 bits per heavy atom. The van der Waals surface area contributed by atoms with Crippen LogP contribution < -0.4 is 0 Å². The summed E-state index contributed by atoms with van der Waals surface area (Å²) < 4.78 is 5.06. The zero-order chi connectivity index (χ0) is 15.4. The van der Waals surface area contributed by atoms with Crippen LogP contribution in [0.4, 0.5) is 0 Å². The first-order chi connectivity index (χ1) is 10.7. The molecule has 0 atom stereocenters. The fourth-order valence-corrected chi connectivity index (χ4v) is 3.17. The van der Waals surface area contributed by atoms with Crippen LogP contribution in [-0.4, -0.2) is 28.6 Å². The fourth-order valence-electron chi connectivity index (χ4n) is 3.17. The predicted octanol–water partition coefficient (Wildman–Crippen LogP) is 3.61. The Kier molecular flexibility index (Phi) is 4.56. The van der Waals surface area contributed by atoms with Gasteiger partial charge in [0.1, 0.15) is 5.76 Å². The Balaban J connectivity index is 1.73. The molecule has 1 saturated carbocycles. The SMILES string of the molecule is Cc1cc(C(=O)N(CCc2ccccc2)C2CCCC2)no1. The Morgan fingerprint density at radius 1 is 1.27 bits per heavy atom. The lowest BCUT2D eigenvalue weighted by Crippen LogP contribution is -2.40. The maximum atomic E-state index is 12.8. The van der Waals surface area contributed by atoms with Crippen LogP contribution in [0.2, 0.25) is 0 Å². The number of hydrogen-bond donors (Lipinski definition) is 0. The van der Waals surface area contributed by atoms with E-state index in [0.29, 0.717) is 17.5 Å². The number of rotatable bonds is 5. The highest BCUT2D eigenvalue weighted by Gasteiger charge is 2.28. The van der Waals surface area contributed by atoms with E-state index in [-0.39, 0.29) is 5.91 Å². The molecule has 3 rings (SSSR count). The van der Waals surface area contributed by atoms with E-state index in [4.69, 9.17) is 4.52 Å². The molecule has 0 saturated heterocycles. The molecule has 0 radical (unpaired) electrons. The molecule has 0 bridgehead atoms. The Bertz CT molecular complexity index is 615. The van der Waals surface area contributed by atoms with Gasteiger partial charge in [-0.1, -0.05) is 48.3 Å². The van der Waals surface area contributed by atoms with E-state index in [2.05, 4.69) is 17.3 Å². The van der Waals surface area contributed by atoms with E-state index in [1.165, 1.54) is 18.4 Å². The molecule has 0 N–H and O–H groups in total. The molecule has 116 valence electrons. The zero-order valence-electron chi connectivity index (χ0n) is 13.0. The molecule has 4 nitrogen and oxygen atoms in total. The molecule has 1 aromatic heterocycles. The van der Waals surface area contributed by atoms with Crippen molar-refractivity contribution < 1.29 is 9.32 Å². The Morgan fingerprint density at radius 3 is 2.64 bits per heavy atom. The van der Waals surface area contributed by atoms with Gasteiger partial charge in [0.2, 0.25) is 0 Å². The van der Waals surface area contributed by atoms with Gasteiger partial charge < -0.3 is 9.42 Å². The molecular formula is C18H22N2O2. The molecule has 1 aliphatic carbocycles. The molecule has 4 heteroatoms. The van der Waals surface area contributed by atoms with Crippen molar-refractivity contribution in [1.29, 1.82) is 0 Å². The number of amides is 1. The lowest BCUT2D eigenvalue weighted by atomic mass is 10.1. The van der Waals surface area contributed by atoms with Gasteiger partial charge in [-0.05, 0) is 31.7 Å². The molecule has 1 aliphatic rings. The molecule has 0 unspecified atom stereocenters. The summed E-state index contributed by atoms with van der Waals surface area (Å²) in [5.41, 5.74) is 1.69. The number of nitrogens with zero attached hydrogens (tertiary/aromatic N) is 2. The van der Waals surface area contributed by atoms with Crippen molar-refractivity contribution in [3.05, 3.63) is 53.4 Å². The van der Waals surface area contributed by atoms with Crippen molar-refractivity contribution in [1.82, 2.24) is 10.1 Å². The second-order valence-corrected chi connectivity index (χ2v) is 6.00. The molecular weight excluding hydrogens is 276 g/mol. The number of carbonyl (C=O) groups excluding carboxylic acids is 1. The first-order valence-corrected chi connectivity index (χ1v) is 8.02. The number of benzene rings is 1. The molecule has 0 spiro atoms. The molecule has 0 aliphatic heterocycles. The summed E-state index contributed by atoms with van der Waals surface area (Å²) in [5.74, 6) is 0.678. The fraction of sp³-hybridized carbons (Fsp3) is 0.444. The molecule has 1 amide bonds. The van der Waals surface area contributed by atoms with Crippen molar-refractivity contribution in [2.24, 2.45) is 0 Å². The van der Waals surface area contributed by atoms with Gasteiger partial charge >= 0.3 is 0 Å². The minimum atomic E-state index is -0.000295. The highest BCUT2D eigenvalue weighted by molar-refractivity contribution is 5.92. The second-order valence-electron chi connectivity index (χ2n) is 6.00. The van der Waals surface area contributed by atoms with Gasteiger partial charge in [-0.15, -0.1) is 0 Å². The molecule has 1 heterocycles. The van der Waals surface area contributed by atoms with Gasteiger partial charge in [-0.2, -0.15) is 0 Å². The van der Waals surface area contributed by atoms with E-state index in [1.807, 2.05) is 30.0 Å². The van der Waals surface area contributed by atoms with Crippen molar-refractivity contribution in [3.63, 3.8) is 0 Å². The van der Waals surface area contributed by atoms with Crippen LogP contribution in [0.5, 0.6) is 0 Å². The number of carbonyl (C=O) groups is 1. The topological polar surface area (TPSA) is 46.3 Å². The Hall–Kier alpha value is -2.10. The maximum absolute atomic E-state index is 12.8. The van der Waals surface area contributed by atoms with E-state index in [9.17, 15) is 4.79 Å². The third kappa shape index (κ3) is 3.38. The number of aryl methyl sites for hydroxylation is 1. The lowest BCUT2D eigenvalue weighted by molar-refractivity contribution is 0.0673. The van der Waals surface area contributed by atoms with Crippen molar-refractivity contribution >= 4 is 5.91 Å². The van der Waals surface area contributed by atoms with Crippen LogP contribution in [0.15, 0.2) is 40.9 Å². The number of hydrogen-bond acceptors (Lipinski definition) is 3. The van der Waals surface area contributed by atoms with Crippen molar-refractivity contribution in [2.45, 2.75) is 45.1 Å². The third-order valence-corrected chi connectivity index (χ3v) is 4.36. The van der Waals surface area contributed by atoms with E-state index >= 15 is 0 Å². The molecule has 1 aromatic carbocycles. The van der Waals surface area contributed by atoms with Crippen LogP contribution in [0, 0.1) is 6.92 Å². The standard InChI is InChI=1S/C18H22N2O2/c1-14-13-17(19-22-14)18(21)20(16-9-5-6-10-16)12-11-15-7-3-2-4-8-15/h2-4,7-8,13,16H,5-6,9-12H2,1H3. The highest BCUT2D eigenvalue weighted by Crippen LogP contribution is 2.25. The first-order valence-electron chi connectivity index (χ1n) is 8.02. The quantitative estimate of drug-likeness (QED) is 0.847. The van der Waals surface area contributed by atoms with Crippen LogP contribution >= 0.6 is 0 Å². The van der Waals surface area contributed by atoms with Crippen LogP contribution in [-0.2, 0) is 6.42 Å². The van der Waals surface area contributed by atoms with Gasteiger partial charge in [0.25, 0.3) is 5.91 Å². The predicted molar refractivity (Wildman–Crippen MR) is 84.7 cm³/mol. The molecule has 2 aromatic rings. The first kappa shape index (κ1) is 14.8. The van der Waals surface area contributed by atoms with Gasteiger partial charge in [0, 0.05) is 18.7 Å². The van der Waals surface area contributed by atoms with E-state index < -0.39 is 0 Å². The smallest absolute Gasteiger partial charge is 0.276 e. The van der Waals surface area contributed by atoms with Crippen LogP contribution in [0.3, 0.4) is 0 Å². The summed E-state index contributed by atoms with van der Waals surface area (Å²) in [6.07, 6.45) is 5.48. The van der Waals surface area contributed by atoms with E-state index in [1.54, 1.807) is 6.07 Å². The zero-order valence-corrected chi connectivity index (χ0v) is 13.0. The minimum absolute atomic E-state index is 0.000295. The van der Waals surface area contributed by atoms with Gasteiger partial charge in [-0.3, -0.25) is 4.79 Å². The maximum Gasteiger partial charge on any atom is 0.276 e. The average molecular weight is 298 g/mol. The lowest BCUT2D eigenvalue weighted by Gasteiger charge is -2.28. The minimum Gasteiger partial charge on any atom is -0.361 e. The summed E-state index contributed by atoms with van der Waals surface area (Å²) in [5, 5.41) is 3.90. The van der Waals surface area contributed by atoms with Gasteiger partial charge in [-0.25, -0.2) is 0 Å². The summed E-state index contributed by atoms with van der Waals surface area (Å²) in [7, 11) is 0. The average Bonchev–Trinajstić information content (AvgIpc) is 3.20. The second kappa shape index (κ2) is 6.77. The Labute approximate surface area is 131 Å². The van der Waals surface area contributed by atoms with Gasteiger partial charge in [0.15, 0.2) is 5.69 Å². The number of aromatic nitrogens is 1. The van der Waals surface area contributed by atoms with E-state index in [0.717, 1.165) is 25.8 Å². The normalized spacial score (nSPS) is 15.1.